The Balaban J connectivity index is 1.97. The molecule has 2 rings (SSSR count). The number of carbonyl (C=O) groups excluding carboxylic acids is 2. The summed E-state index contributed by atoms with van der Waals surface area (Å²) in [6, 6.07) is 13.5. The Bertz CT molecular complexity index is 795. The van der Waals surface area contributed by atoms with Crippen molar-refractivity contribution in [2.75, 3.05) is 18.9 Å². The van der Waals surface area contributed by atoms with E-state index >= 15 is 0 Å². The number of para-hydroxylation sites is 1. The molecule has 2 aromatic carbocycles. The van der Waals surface area contributed by atoms with E-state index in [9.17, 15) is 9.59 Å². The van der Waals surface area contributed by atoms with Crippen molar-refractivity contribution in [3.05, 3.63) is 69.7 Å². The Hall–Kier alpha value is -2.40. The smallest absolute Gasteiger partial charge is 0.246 e. The van der Waals surface area contributed by atoms with Crippen LogP contribution in [-0.2, 0) is 9.59 Å². The van der Waals surface area contributed by atoms with E-state index in [4.69, 9.17) is 0 Å². The second-order valence-corrected chi connectivity index (χ2v) is 6.72. The fourth-order valence-corrected chi connectivity index (χ4v) is 2.80. The summed E-state index contributed by atoms with van der Waals surface area (Å²) in [7, 11) is 1.61. The standard InChI is InChI=1S/C20H21BrN2O2/c1-14-7-6-8-15(2)20(14)22-18(24)13-23(3)19(25)12-11-16-9-4-5-10-17(16)21/h4-12H,13H2,1-3H3,(H,22,24)/b12-11+. The van der Waals surface area contributed by atoms with Gasteiger partial charge in [-0.3, -0.25) is 9.59 Å². The van der Waals surface area contributed by atoms with Crippen LogP contribution in [0.3, 0.4) is 0 Å². The number of carbonyl (C=O) groups is 2. The molecule has 4 nitrogen and oxygen atoms in total. The van der Waals surface area contributed by atoms with Crippen molar-refractivity contribution in [1.82, 2.24) is 4.90 Å². The minimum absolute atomic E-state index is 0.00704. The predicted octanol–water partition coefficient (Wildman–Crippen LogP) is 4.18. The van der Waals surface area contributed by atoms with Crippen LogP contribution >= 0.6 is 15.9 Å². The second kappa shape index (κ2) is 8.62. The molecule has 0 fully saturated rings. The lowest BCUT2D eigenvalue weighted by molar-refractivity contribution is -0.129. The van der Waals surface area contributed by atoms with E-state index in [-0.39, 0.29) is 18.4 Å². The van der Waals surface area contributed by atoms with E-state index in [1.165, 1.54) is 11.0 Å². The van der Waals surface area contributed by atoms with Gasteiger partial charge in [-0.15, -0.1) is 0 Å². The molecule has 0 atom stereocenters. The number of benzene rings is 2. The Morgan fingerprint density at radius 1 is 1.08 bits per heavy atom. The highest BCUT2D eigenvalue weighted by Crippen LogP contribution is 2.19. The summed E-state index contributed by atoms with van der Waals surface area (Å²) in [5, 5.41) is 2.88. The summed E-state index contributed by atoms with van der Waals surface area (Å²) < 4.78 is 0.912. The van der Waals surface area contributed by atoms with Gasteiger partial charge in [0.05, 0.1) is 6.54 Å². The lowest BCUT2D eigenvalue weighted by atomic mass is 10.1. The van der Waals surface area contributed by atoms with Crippen LogP contribution in [0.1, 0.15) is 16.7 Å². The van der Waals surface area contributed by atoms with Crippen molar-refractivity contribution >= 4 is 39.5 Å². The van der Waals surface area contributed by atoms with E-state index in [0.717, 1.165) is 26.9 Å². The minimum atomic E-state index is -0.229. The minimum Gasteiger partial charge on any atom is -0.333 e. The number of nitrogens with zero attached hydrogens (tertiary/aromatic N) is 1. The van der Waals surface area contributed by atoms with Gasteiger partial charge in [0.25, 0.3) is 0 Å². The highest BCUT2D eigenvalue weighted by molar-refractivity contribution is 9.10. The third-order valence-electron chi connectivity index (χ3n) is 3.81. The predicted molar refractivity (Wildman–Crippen MR) is 105 cm³/mol. The molecule has 130 valence electrons. The van der Waals surface area contributed by atoms with Crippen LogP contribution in [0.4, 0.5) is 5.69 Å². The van der Waals surface area contributed by atoms with E-state index in [0.29, 0.717) is 0 Å². The topological polar surface area (TPSA) is 49.4 Å². The first kappa shape index (κ1) is 18.9. The van der Waals surface area contributed by atoms with Crippen molar-refractivity contribution in [2.45, 2.75) is 13.8 Å². The number of hydrogen-bond donors (Lipinski definition) is 1. The summed E-state index contributed by atoms with van der Waals surface area (Å²) in [6.07, 6.45) is 3.19. The number of likely N-dealkylation sites (N-methyl/N-ethyl adjacent to an activating group) is 1. The molecule has 0 unspecified atom stereocenters. The molecule has 0 bridgehead atoms. The molecule has 5 heteroatoms. The van der Waals surface area contributed by atoms with Gasteiger partial charge in [-0.2, -0.15) is 0 Å². The maximum Gasteiger partial charge on any atom is 0.246 e. The first-order chi connectivity index (χ1) is 11.9. The molecule has 0 heterocycles. The van der Waals surface area contributed by atoms with Crippen molar-refractivity contribution < 1.29 is 9.59 Å². The molecule has 0 saturated heterocycles. The molecule has 0 aliphatic heterocycles. The molecule has 0 aliphatic carbocycles. The van der Waals surface area contributed by atoms with E-state index in [1.54, 1.807) is 13.1 Å². The monoisotopic (exact) mass is 400 g/mol. The highest BCUT2D eigenvalue weighted by atomic mass is 79.9. The first-order valence-electron chi connectivity index (χ1n) is 7.92. The van der Waals surface area contributed by atoms with Crippen LogP contribution in [0.15, 0.2) is 53.0 Å². The number of amides is 2. The number of halogens is 1. The van der Waals surface area contributed by atoms with Crippen molar-refractivity contribution in [2.24, 2.45) is 0 Å². The first-order valence-corrected chi connectivity index (χ1v) is 8.71. The van der Waals surface area contributed by atoms with Gasteiger partial charge in [0, 0.05) is 23.3 Å². The molecule has 0 radical (unpaired) electrons. The zero-order valence-corrected chi connectivity index (χ0v) is 16.1. The van der Waals surface area contributed by atoms with Crippen molar-refractivity contribution in [3.63, 3.8) is 0 Å². The average molecular weight is 401 g/mol. The molecular formula is C20H21BrN2O2. The third kappa shape index (κ3) is 5.29. The van der Waals surface area contributed by atoms with Gasteiger partial charge in [-0.05, 0) is 42.7 Å². The van der Waals surface area contributed by atoms with Gasteiger partial charge in [0.2, 0.25) is 11.8 Å². The van der Waals surface area contributed by atoms with Crippen LogP contribution in [0.25, 0.3) is 6.08 Å². The van der Waals surface area contributed by atoms with Gasteiger partial charge in [-0.25, -0.2) is 0 Å². The Labute approximate surface area is 156 Å². The van der Waals surface area contributed by atoms with Gasteiger partial charge >= 0.3 is 0 Å². The van der Waals surface area contributed by atoms with Gasteiger partial charge in [0.1, 0.15) is 0 Å². The molecule has 0 saturated carbocycles. The van der Waals surface area contributed by atoms with Gasteiger partial charge in [-0.1, -0.05) is 52.3 Å². The fourth-order valence-electron chi connectivity index (χ4n) is 2.38. The highest BCUT2D eigenvalue weighted by Gasteiger charge is 2.12. The van der Waals surface area contributed by atoms with Gasteiger partial charge < -0.3 is 10.2 Å². The quantitative estimate of drug-likeness (QED) is 0.765. The molecule has 0 spiro atoms. The lowest BCUT2D eigenvalue weighted by Gasteiger charge is -2.16. The molecule has 25 heavy (non-hydrogen) atoms. The molecule has 2 aromatic rings. The number of anilines is 1. The number of nitrogens with one attached hydrogen (secondary N) is 1. The molecule has 0 aromatic heterocycles. The zero-order chi connectivity index (χ0) is 18.4. The van der Waals surface area contributed by atoms with Crippen LogP contribution < -0.4 is 5.32 Å². The third-order valence-corrected chi connectivity index (χ3v) is 4.54. The van der Waals surface area contributed by atoms with Crippen molar-refractivity contribution in [3.8, 4) is 0 Å². The maximum atomic E-state index is 12.2. The largest absolute Gasteiger partial charge is 0.333 e. The summed E-state index contributed by atoms with van der Waals surface area (Å²) in [5.74, 6) is -0.449. The van der Waals surface area contributed by atoms with Crippen molar-refractivity contribution in [1.29, 1.82) is 0 Å². The van der Waals surface area contributed by atoms with E-state index in [2.05, 4.69) is 21.2 Å². The summed E-state index contributed by atoms with van der Waals surface area (Å²) in [5.41, 5.74) is 3.70. The summed E-state index contributed by atoms with van der Waals surface area (Å²) in [4.78, 5) is 25.8. The lowest BCUT2D eigenvalue weighted by Crippen LogP contribution is -2.34. The summed E-state index contributed by atoms with van der Waals surface area (Å²) >= 11 is 3.43. The average Bonchev–Trinajstić information content (AvgIpc) is 2.57. The Morgan fingerprint density at radius 2 is 1.72 bits per heavy atom. The SMILES string of the molecule is Cc1cccc(C)c1NC(=O)CN(C)C(=O)/C=C/c1ccccc1Br. The molecular weight excluding hydrogens is 380 g/mol. The molecule has 1 N–H and O–H groups in total. The second-order valence-electron chi connectivity index (χ2n) is 5.86. The zero-order valence-electron chi connectivity index (χ0n) is 14.5. The molecule has 2 amide bonds. The van der Waals surface area contributed by atoms with Crippen LogP contribution in [0.5, 0.6) is 0 Å². The van der Waals surface area contributed by atoms with Crippen LogP contribution in [0, 0.1) is 13.8 Å². The molecule has 0 aliphatic rings. The normalized spacial score (nSPS) is 10.7. The van der Waals surface area contributed by atoms with Gasteiger partial charge in [0.15, 0.2) is 0 Å². The van der Waals surface area contributed by atoms with E-state index in [1.807, 2.05) is 56.3 Å². The Morgan fingerprint density at radius 3 is 2.36 bits per heavy atom. The summed E-state index contributed by atoms with van der Waals surface area (Å²) in [6.45, 7) is 3.88. The number of rotatable bonds is 5. The maximum absolute atomic E-state index is 12.2. The number of aryl methyl sites for hydroxylation is 2. The fraction of sp³-hybridized carbons (Fsp3) is 0.200. The van der Waals surface area contributed by atoms with Crippen LogP contribution in [-0.4, -0.2) is 30.3 Å². The van der Waals surface area contributed by atoms with E-state index < -0.39 is 0 Å². The number of hydrogen-bond acceptors (Lipinski definition) is 2. The Kier molecular flexibility index (Phi) is 6.53. The van der Waals surface area contributed by atoms with Crippen LogP contribution in [0.2, 0.25) is 0 Å².